The van der Waals surface area contributed by atoms with E-state index in [9.17, 15) is 13.2 Å². The van der Waals surface area contributed by atoms with Gasteiger partial charge in [0.25, 0.3) is 0 Å². The Morgan fingerprint density at radius 3 is 2.35 bits per heavy atom. The summed E-state index contributed by atoms with van der Waals surface area (Å²) >= 11 is 0. The normalized spacial score (nSPS) is 11.9. The van der Waals surface area contributed by atoms with Crippen molar-refractivity contribution in [3.63, 3.8) is 0 Å². The second-order valence-electron chi connectivity index (χ2n) is 4.26. The molecule has 7 heteroatoms. The van der Waals surface area contributed by atoms with Gasteiger partial charge >= 0.3 is 6.18 Å². The second-order valence-corrected chi connectivity index (χ2v) is 4.26. The largest absolute Gasteiger partial charge is 0.416 e. The molecule has 0 unspecified atom stereocenters. The van der Waals surface area contributed by atoms with Crippen LogP contribution in [0.25, 0.3) is 16.8 Å². The first-order chi connectivity index (χ1) is 9.43. The fourth-order valence-electron chi connectivity index (χ4n) is 1.93. The van der Waals surface area contributed by atoms with E-state index in [4.69, 9.17) is 5.73 Å². The zero-order valence-corrected chi connectivity index (χ0v) is 10.1. The molecule has 2 N–H and O–H groups in total. The minimum absolute atomic E-state index is 0.148. The Bertz CT molecular complexity index is 759. The number of hydrogen-bond donors (Lipinski definition) is 1. The summed E-state index contributed by atoms with van der Waals surface area (Å²) < 4.78 is 39.0. The van der Waals surface area contributed by atoms with E-state index in [1.54, 1.807) is 18.3 Å². The minimum atomic E-state index is -4.33. The van der Waals surface area contributed by atoms with Crippen LogP contribution in [-0.4, -0.2) is 14.6 Å². The Morgan fingerprint density at radius 1 is 1.00 bits per heavy atom. The molecule has 20 heavy (non-hydrogen) atoms. The van der Waals surface area contributed by atoms with E-state index in [0.717, 1.165) is 17.7 Å². The van der Waals surface area contributed by atoms with Crippen LogP contribution in [-0.2, 0) is 6.18 Å². The lowest BCUT2D eigenvalue weighted by molar-refractivity contribution is -0.137. The highest BCUT2D eigenvalue weighted by atomic mass is 19.4. The summed E-state index contributed by atoms with van der Waals surface area (Å²) in [5.41, 5.74) is 6.77. The third-order valence-corrected chi connectivity index (χ3v) is 2.90. The number of halogens is 3. The van der Waals surface area contributed by atoms with E-state index in [-0.39, 0.29) is 5.95 Å². The first kappa shape index (κ1) is 12.5. The Morgan fingerprint density at radius 2 is 1.70 bits per heavy atom. The van der Waals surface area contributed by atoms with Crippen LogP contribution in [0.5, 0.6) is 0 Å². The molecule has 0 amide bonds. The summed E-state index contributed by atoms with van der Waals surface area (Å²) in [4.78, 5) is 4.01. The maximum Gasteiger partial charge on any atom is 0.416 e. The van der Waals surface area contributed by atoms with Gasteiger partial charge in [0.1, 0.15) is 0 Å². The average molecular weight is 278 g/mol. The van der Waals surface area contributed by atoms with Crippen LogP contribution in [0, 0.1) is 0 Å². The number of fused-ring (bicyclic) bond motifs is 1. The zero-order chi connectivity index (χ0) is 14.3. The fraction of sp³-hybridized carbons (Fsp3) is 0.0769. The molecule has 3 rings (SSSR count). The van der Waals surface area contributed by atoms with Gasteiger partial charge in [-0.3, -0.25) is 0 Å². The smallest absolute Gasteiger partial charge is 0.366 e. The van der Waals surface area contributed by atoms with Gasteiger partial charge < -0.3 is 5.73 Å². The summed E-state index contributed by atoms with van der Waals surface area (Å²) in [6, 6.07) is 8.41. The van der Waals surface area contributed by atoms with Gasteiger partial charge in [0.2, 0.25) is 5.95 Å². The Kier molecular flexibility index (Phi) is 2.63. The Balaban J connectivity index is 2.02. The molecule has 2 heterocycles. The number of nitrogens with zero attached hydrogens (tertiary/aromatic N) is 3. The molecule has 0 bridgehead atoms. The van der Waals surface area contributed by atoms with Gasteiger partial charge in [0, 0.05) is 6.20 Å². The molecule has 1 aromatic carbocycles. The molecule has 102 valence electrons. The third kappa shape index (κ3) is 2.18. The van der Waals surface area contributed by atoms with Crippen LogP contribution in [0.3, 0.4) is 0 Å². The highest BCUT2D eigenvalue weighted by Gasteiger charge is 2.29. The van der Waals surface area contributed by atoms with Crippen LogP contribution in [0.1, 0.15) is 5.56 Å². The van der Waals surface area contributed by atoms with Crippen molar-refractivity contribution in [2.24, 2.45) is 0 Å². The van der Waals surface area contributed by atoms with Gasteiger partial charge in [-0.15, -0.1) is 5.10 Å². The van der Waals surface area contributed by atoms with Gasteiger partial charge in [-0.05, 0) is 35.4 Å². The molecular formula is C13H9F3N4. The van der Waals surface area contributed by atoms with Crippen molar-refractivity contribution in [1.82, 2.24) is 14.6 Å². The molecule has 0 saturated carbocycles. The molecule has 0 atom stereocenters. The lowest BCUT2D eigenvalue weighted by atomic mass is 10.0. The quantitative estimate of drug-likeness (QED) is 0.744. The molecule has 0 spiro atoms. The Hall–Kier alpha value is -2.57. The number of benzene rings is 1. The standard InChI is InChI=1S/C13H9F3N4/c14-13(15,16)10-3-1-8(2-4-10)9-5-6-20-11(7-9)18-12(17)19-20/h1-7H,(H2,17,19). The van der Waals surface area contributed by atoms with Gasteiger partial charge in [-0.2, -0.15) is 18.2 Å². The fourth-order valence-corrected chi connectivity index (χ4v) is 1.93. The number of hydrogen-bond acceptors (Lipinski definition) is 3. The molecule has 3 aromatic rings. The van der Waals surface area contributed by atoms with E-state index in [1.165, 1.54) is 16.6 Å². The van der Waals surface area contributed by atoms with Crippen molar-refractivity contribution >= 4 is 11.6 Å². The molecule has 0 aliphatic heterocycles. The van der Waals surface area contributed by atoms with Crippen LogP contribution in [0.2, 0.25) is 0 Å². The number of nitrogens with two attached hydrogens (primary N) is 1. The molecule has 0 aliphatic rings. The van der Waals surface area contributed by atoms with Crippen molar-refractivity contribution in [1.29, 1.82) is 0 Å². The zero-order valence-electron chi connectivity index (χ0n) is 10.1. The van der Waals surface area contributed by atoms with Gasteiger partial charge in [-0.1, -0.05) is 12.1 Å². The van der Waals surface area contributed by atoms with Crippen LogP contribution < -0.4 is 5.73 Å². The van der Waals surface area contributed by atoms with E-state index < -0.39 is 11.7 Å². The molecule has 4 nitrogen and oxygen atoms in total. The van der Waals surface area contributed by atoms with Crippen molar-refractivity contribution in [2.45, 2.75) is 6.18 Å². The minimum Gasteiger partial charge on any atom is -0.366 e. The van der Waals surface area contributed by atoms with Gasteiger partial charge in [0.05, 0.1) is 5.56 Å². The summed E-state index contributed by atoms with van der Waals surface area (Å²) in [7, 11) is 0. The number of alkyl halides is 3. The van der Waals surface area contributed by atoms with Crippen LogP contribution in [0.4, 0.5) is 19.1 Å². The second kappa shape index (κ2) is 4.22. The average Bonchev–Trinajstić information content (AvgIpc) is 2.77. The molecule has 0 fully saturated rings. The lowest BCUT2D eigenvalue weighted by Gasteiger charge is -2.07. The maximum absolute atomic E-state index is 12.5. The highest BCUT2D eigenvalue weighted by molar-refractivity contribution is 5.67. The molecule has 0 aliphatic carbocycles. The number of aromatic nitrogens is 3. The maximum atomic E-state index is 12.5. The molecular weight excluding hydrogens is 269 g/mol. The number of nitrogen functional groups attached to an aromatic ring is 1. The molecule has 0 saturated heterocycles. The molecule has 2 aromatic heterocycles. The first-order valence-electron chi connectivity index (χ1n) is 5.73. The predicted molar refractivity (Wildman–Crippen MR) is 67.8 cm³/mol. The topological polar surface area (TPSA) is 56.2 Å². The van der Waals surface area contributed by atoms with Crippen molar-refractivity contribution in [3.8, 4) is 11.1 Å². The number of anilines is 1. The highest BCUT2D eigenvalue weighted by Crippen LogP contribution is 2.31. The SMILES string of the molecule is Nc1nc2cc(-c3ccc(C(F)(F)F)cc3)ccn2n1. The monoisotopic (exact) mass is 278 g/mol. The Labute approximate surface area is 111 Å². The van der Waals surface area contributed by atoms with E-state index in [2.05, 4.69) is 10.1 Å². The van der Waals surface area contributed by atoms with Crippen molar-refractivity contribution in [2.75, 3.05) is 5.73 Å². The van der Waals surface area contributed by atoms with Crippen molar-refractivity contribution < 1.29 is 13.2 Å². The first-order valence-corrected chi connectivity index (χ1v) is 5.73. The number of rotatable bonds is 1. The van der Waals surface area contributed by atoms with Crippen LogP contribution >= 0.6 is 0 Å². The van der Waals surface area contributed by atoms with Gasteiger partial charge in [-0.25, -0.2) is 4.52 Å². The van der Waals surface area contributed by atoms with E-state index in [0.29, 0.717) is 11.2 Å². The molecule has 0 radical (unpaired) electrons. The van der Waals surface area contributed by atoms with E-state index in [1.807, 2.05) is 0 Å². The summed E-state index contributed by atoms with van der Waals surface area (Å²) in [5, 5.41) is 3.93. The lowest BCUT2D eigenvalue weighted by Crippen LogP contribution is -2.04. The van der Waals surface area contributed by atoms with Crippen LogP contribution in [0.15, 0.2) is 42.6 Å². The van der Waals surface area contributed by atoms with Crippen molar-refractivity contribution in [3.05, 3.63) is 48.2 Å². The van der Waals surface area contributed by atoms with Gasteiger partial charge in [0.15, 0.2) is 5.65 Å². The summed E-state index contributed by atoms with van der Waals surface area (Å²) in [6.07, 6.45) is -2.67. The third-order valence-electron chi connectivity index (χ3n) is 2.90. The predicted octanol–water partition coefficient (Wildman–Crippen LogP) is 3.00. The summed E-state index contributed by atoms with van der Waals surface area (Å²) in [5.74, 6) is 0.148. The summed E-state index contributed by atoms with van der Waals surface area (Å²) in [6.45, 7) is 0. The van der Waals surface area contributed by atoms with E-state index >= 15 is 0 Å². The number of pyridine rings is 1.